The quantitative estimate of drug-likeness (QED) is 0.724. The lowest BCUT2D eigenvalue weighted by Crippen LogP contribution is -2.39. The van der Waals surface area contributed by atoms with Crippen molar-refractivity contribution in [2.45, 2.75) is 19.9 Å². The second-order valence-electron chi connectivity index (χ2n) is 4.06. The minimum absolute atomic E-state index is 0.0490. The van der Waals surface area contributed by atoms with E-state index in [1.807, 2.05) is 13.8 Å². The molecule has 1 heterocycles. The van der Waals surface area contributed by atoms with E-state index in [-0.39, 0.29) is 30.5 Å². The Bertz CT molecular complexity index is 423. The molecule has 0 fully saturated rings. The van der Waals surface area contributed by atoms with Crippen LogP contribution in [0.15, 0.2) is 0 Å². The molecule has 0 radical (unpaired) electrons. The summed E-state index contributed by atoms with van der Waals surface area (Å²) in [5.41, 5.74) is 5.51. The van der Waals surface area contributed by atoms with Gasteiger partial charge in [-0.3, -0.25) is 4.79 Å². The highest BCUT2D eigenvalue weighted by atomic mass is 16.5. The Morgan fingerprint density at radius 2 is 2.11 bits per heavy atom. The summed E-state index contributed by atoms with van der Waals surface area (Å²) in [7, 11) is 3.12. The first-order chi connectivity index (χ1) is 8.42. The number of methoxy groups -OCH3 is 1. The number of aromatic nitrogens is 3. The second-order valence-corrected chi connectivity index (χ2v) is 4.06. The molecule has 0 aliphatic rings. The van der Waals surface area contributed by atoms with Crippen molar-refractivity contribution in [1.82, 2.24) is 20.3 Å². The summed E-state index contributed by atoms with van der Waals surface area (Å²) in [4.78, 5) is 24.9. The number of carbonyl (C=O) groups is 1. The molecule has 1 aromatic heterocycles. The maximum atomic E-state index is 11.6. The number of nitrogens with one attached hydrogen (secondary N) is 1. The van der Waals surface area contributed by atoms with Crippen molar-refractivity contribution in [3.63, 3.8) is 0 Å². The summed E-state index contributed by atoms with van der Waals surface area (Å²) < 4.78 is 4.89. The van der Waals surface area contributed by atoms with Gasteiger partial charge >= 0.3 is 6.01 Å². The van der Waals surface area contributed by atoms with Gasteiger partial charge in [0.1, 0.15) is 0 Å². The average Bonchev–Trinajstić information content (AvgIpc) is 2.26. The predicted octanol–water partition coefficient (Wildman–Crippen LogP) is -0.577. The van der Waals surface area contributed by atoms with E-state index in [0.717, 1.165) is 0 Å². The Morgan fingerprint density at radius 3 is 2.67 bits per heavy atom. The van der Waals surface area contributed by atoms with Gasteiger partial charge in [-0.25, -0.2) is 0 Å². The molecule has 0 saturated heterocycles. The fraction of sp³-hybridized carbons (Fsp3) is 0.600. The van der Waals surface area contributed by atoms with Crippen LogP contribution in [0.25, 0.3) is 0 Å². The van der Waals surface area contributed by atoms with Crippen molar-refractivity contribution >= 4 is 17.8 Å². The fourth-order valence-corrected chi connectivity index (χ4v) is 1.28. The van der Waals surface area contributed by atoms with E-state index in [1.165, 1.54) is 7.11 Å². The first-order valence-electron chi connectivity index (χ1n) is 5.48. The molecule has 0 saturated carbocycles. The summed E-state index contributed by atoms with van der Waals surface area (Å²) in [6.45, 7) is 3.91. The van der Waals surface area contributed by atoms with Gasteiger partial charge in [0.2, 0.25) is 17.8 Å². The van der Waals surface area contributed by atoms with E-state index in [2.05, 4.69) is 20.3 Å². The van der Waals surface area contributed by atoms with Crippen LogP contribution in [0.5, 0.6) is 6.01 Å². The molecule has 8 nitrogen and oxygen atoms in total. The van der Waals surface area contributed by atoms with E-state index in [4.69, 9.17) is 10.5 Å². The molecular formula is C10H18N6O2. The van der Waals surface area contributed by atoms with Crippen LogP contribution in [0, 0.1) is 0 Å². The van der Waals surface area contributed by atoms with Gasteiger partial charge < -0.3 is 20.7 Å². The van der Waals surface area contributed by atoms with Crippen LogP contribution in [0.1, 0.15) is 13.8 Å². The average molecular weight is 254 g/mol. The number of nitrogens with two attached hydrogens (primary N) is 1. The number of nitrogens with zero attached hydrogens (tertiary/aromatic N) is 4. The van der Waals surface area contributed by atoms with Crippen LogP contribution in [-0.4, -0.2) is 47.6 Å². The maximum Gasteiger partial charge on any atom is 0.322 e. The fourth-order valence-electron chi connectivity index (χ4n) is 1.28. The van der Waals surface area contributed by atoms with Gasteiger partial charge in [-0.1, -0.05) is 0 Å². The normalized spacial score (nSPS) is 10.3. The summed E-state index contributed by atoms with van der Waals surface area (Å²) in [5, 5.41) is 2.77. The Kier molecular flexibility index (Phi) is 4.64. The van der Waals surface area contributed by atoms with E-state index >= 15 is 0 Å². The van der Waals surface area contributed by atoms with Crippen LogP contribution >= 0.6 is 0 Å². The SMILES string of the molecule is COc1nc(N)nc(N(C)CC(=O)NC(C)C)n1. The number of amides is 1. The Morgan fingerprint density at radius 1 is 1.44 bits per heavy atom. The monoisotopic (exact) mass is 254 g/mol. The lowest BCUT2D eigenvalue weighted by molar-refractivity contribution is -0.120. The van der Waals surface area contributed by atoms with Gasteiger partial charge in [0.05, 0.1) is 13.7 Å². The van der Waals surface area contributed by atoms with Gasteiger partial charge in [-0.05, 0) is 13.8 Å². The molecule has 3 N–H and O–H groups in total. The molecular weight excluding hydrogens is 236 g/mol. The highest BCUT2D eigenvalue weighted by Crippen LogP contribution is 2.11. The molecule has 1 amide bonds. The Balaban J connectivity index is 2.74. The molecule has 0 spiro atoms. The number of carbonyl (C=O) groups excluding carboxylic acids is 1. The molecule has 0 aromatic carbocycles. The molecule has 1 aromatic rings. The number of ether oxygens (including phenoxy) is 1. The second kappa shape index (κ2) is 5.99. The molecule has 8 heteroatoms. The van der Waals surface area contributed by atoms with Crippen molar-refractivity contribution in [3.8, 4) is 6.01 Å². The molecule has 0 unspecified atom stereocenters. The molecule has 1 rings (SSSR count). The van der Waals surface area contributed by atoms with Crippen LogP contribution in [0.4, 0.5) is 11.9 Å². The first-order valence-corrected chi connectivity index (χ1v) is 5.48. The van der Waals surface area contributed by atoms with Crippen molar-refractivity contribution in [2.24, 2.45) is 0 Å². The molecule has 100 valence electrons. The summed E-state index contributed by atoms with van der Waals surface area (Å²) in [6, 6.07) is 0.206. The Labute approximate surface area is 106 Å². The number of rotatable bonds is 5. The van der Waals surface area contributed by atoms with Crippen LogP contribution in [-0.2, 0) is 4.79 Å². The molecule has 18 heavy (non-hydrogen) atoms. The maximum absolute atomic E-state index is 11.6. The van der Waals surface area contributed by atoms with E-state index < -0.39 is 0 Å². The molecule has 0 aliphatic carbocycles. The molecule has 0 atom stereocenters. The van der Waals surface area contributed by atoms with E-state index in [0.29, 0.717) is 5.95 Å². The topological polar surface area (TPSA) is 106 Å². The third-order valence-corrected chi connectivity index (χ3v) is 1.97. The smallest absolute Gasteiger partial charge is 0.322 e. The zero-order chi connectivity index (χ0) is 13.7. The third-order valence-electron chi connectivity index (χ3n) is 1.97. The van der Waals surface area contributed by atoms with Gasteiger partial charge in [0.15, 0.2) is 0 Å². The predicted molar refractivity (Wildman–Crippen MR) is 67.3 cm³/mol. The number of hydrogen-bond donors (Lipinski definition) is 2. The number of nitrogen functional groups attached to an aromatic ring is 1. The molecule has 0 bridgehead atoms. The van der Waals surface area contributed by atoms with E-state index in [1.54, 1.807) is 11.9 Å². The highest BCUT2D eigenvalue weighted by molar-refractivity contribution is 5.80. The van der Waals surface area contributed by atoms with Gasteiger partial charge in [0.25, 0.3) is 0 Å². The van der Waals surface area contributed by atoms with Crippen LogP contribution in [0.2, 0.25) is 0 Å². The third kappa shape index (κ3) is 4.04. The van der Waals surface area contributed by atoms with E-state index in [9.17, 15) is 4.79 Å². The Hall–Kier alpha value is -2.12. The number of hydrogen-bond acceptors (Lipinski definition) is 7. The highest BCUT2D eigenvalue weighted by Gasteiger charge is 2.13. The van der Waals surface area contributed by atoms with Gasteiger partial charge in [-0.15, -0.1) is 0 Å². The number of likely N-dealkylation sites (N-methyl/N-ethyl adjacent to an activating group) is 1. The van der Waals surface area contributed by atoms with Crippen LogP contribution < -0.4 is 20.7 Å². The lowest BCUT2D eigenvalue weighted by Gasteiger charge is -2.17. The lowest BCUT2D eigenvalue weighted by atomic mass is 10.4. The minimum atomic E-state index is -0.120. The summed E-state index contributed by atoms with van der Waals surface area (Å²) in [5.74, 6) is 0.219. The van der Waals surface area contributed by atoms with Gasteiger partial charge in [-0.2, -0.15) is 15.0 Å². The van der Waals surface area contributed by atoms with Crippen LogP contribution in [0.3, 0.4) is 0 Å². The van der Waals surface area contributed by atoms with Gasteiger partial charge in [0, 0.05) is 13.1 Å². The summed E-state index contributed by atoms with van der Waals surface area (Å²) >= 11 is 0. The molecule has 0 aliphatic heterocycles. The van der Waals surface area contributed by atoms with Crippen molar-refractivity contribution < 1.29 is 9.53 Å². The van der Waals surface area contributed by atoms with Crippen molar-refractivity contribution in [1.29, 1.82) is 0 Å². The minimum Gasteiger partial charge on any atom is -0.467 e. The van der Waals surface area contributed by atoms with Crippen molar-refractivity contribution in [2.75, 3.05) is 31.3 Å². The van der Waals surface area contributed by atoms with Crippen molar-refractivity contribution in [3.05, 3.63) is 0 Å². The zero-order valence-corrected chi connectivity index (χ0v) is 11.0. The number of anilines is 2. The largest absolute Gasteiger partial charge is 0.467 e. The standard InChI is InChI=1S/C10H18N6O2/c1-6(2)12-7(17)5-16(3)9-13-8(11)14-10(15-9)18-4/h6H,5H2,1-4H3,(H,12,17)(H2,11,13,14,15). The summed E-state index contributed by atoms with van der Waals surface area (Å²) in [6.07, 6.45) is 0. The zero-order valence-electron chi connectivity index (χ0n) is 11.0. The first kappa shape index (κ1) is 13.9.